The summed E-state index contributed by atoms with van der Waals surface area (Å²) in [5.74, 6) is -0.593. The number of carbonyl (C=O) groups is 1. The van der Waals surface area contributed by atoms with Crippen LogP contribution in [0.2, 0.25) is 0 Å². The van der Waals surface area contributed by atoms with E-state index < -0.39 is 18.6 Å². The molecule has 4 nitrogen and oxygen atoms in total. The molecule has 1 aromatic rings. The molecule has 0 saturated carbocycles. The van der Waals surface area contributed by atoms with Gasteiger partial charge in [-0.05, 0) is 19.1 Å². The van der Waals surface area contributed by atoms with Gasteiger partial charge in [0.1, 0.15) is 6.54 Å². The van der Waals surface area contributed by atoms with Crippen molar-refractivity contribution in [1.29, 1.82) is 0 Å². The molecule has 0 fully saturated rings. The van der Waals surface area contributed by atoms with Crippen LogP contribution in [0.25, 0.3) is 0 Å². The molecular formula is C12H16F3N3O. The van der Waals surface area contributed by atoms with Gasteiger partial charge in [-0.3, -0.25) is 9.69 Å². The van der Waals surface area contributed by atoms with Gasteiger partial charge in [-0.15, -0.1) is 0 Å². The first-order valence-electron chi connectivity index (χ1n) is 6.09. The first-order chi connectivity index (χ1) is 8.87. The van der Waals surface area contributed by atoms with E-state index in [1.54, 1.807) is 0 Å². The molecule has 1 amide bonds. The molecule has 106 valence electrons. The lowest BCUT2D eigenvalue weighted by atomic mass is 10.1. The van der Waals surface area contributed by atoms with Crippen LogP contribution in [0.4, 0.5) is 13.2 Å². The van der Waals surface area contributed by atoms with E-state index in [-0.39, 0.29) is 12.6 Å². The zero-order valence-electron chi connectivity index (χ0n) is 10.6. The monoisotopic (exact) mass is 275 g/mol. The van der Waals surface area contributed by atoms with Gasteiger partial charge in [0.05, 0.1) is 6.54 Å². The largest absolute Gasteiger partial charge is 0.405 e. The molecule has 1 unspecified atom stereocenters. The second-order valence-electron chi connectivity index (χ2n) is 4.66. The molecular weight excluding hydrogens is 259 g/mol. The Morgan fingerprint density at radius 2 is 2.21 bits per heavy atom. The first-order valence-corrected chi connectivity index (χ1v) is 6.09. The SMILES string of the molecule is CC1c2cccn2CCN1CC(=O)NCC(F)(F)F. The summed E-state index contributed by atoms with van der Waals surface area (Å²) < 4.78 is 38.1. The highest BCUT2D eigenvalue weighted by molar-refractivity contribution is 5.78. The maximum Gasteiger partial charge on any atom is 0.405 e. The maximum absolute atomic E-state index is 12.0. The van der Waals surface area contributed by atoms with Crippen LogP contribution in [-0.2, 0) is 11.3 Å². The van der Waals surface area contributed by atoms with Gasteiger partial charge in [0.15, 0.2) is 0 Å². The molecule has 0 aromatic carbocycles. The summed E-state index contributed by atoms with van der Waals surface area (Å²) in [4.78, 5) is 13.4. The maximum atomic E-state index is 12.0. The number of alkyl halides is 3. The van der Waals surface area contributed by atoms with Crippen molar-refractivity contribution in [2.75, 3.05) is 19.6 Å². The lowest BCUT2D eigenvalue weighted by molar-refractivity contribution is -0.139. The quantitative estimate of drug-likeness (QED) is 0.908. The van der Waals surface area contributed by atoms with Crippen molar-refractivity contribution in [2.24, 2.45) is 0 Å². The Hall–Kier alpha value is -1.50. The summed E-state index contributed by atoms with van der Waals surface area (Å²) >= 11 is 0. The fourth-order valence-electron chi connectivity index (χ4n) is 2.28. The van der Waals surface area contributed by atoms with Gasteiger partial charge in [-0.1, -0.05) is 0 Å². The molecule has 0 radical (unpaired) electrons. The predicted octanol–water partition coefficient (Wildman–Crippen LogP) is 1.54. The molecule has 2 rings (SSSR count). The third-order valence-electron chi connectivity index (χ3n) is 3.30. The highest BCUT2D eigenvalue weighted by Crippen LogP contribution is 2.24. The Bertz CT molecular complexity index is 455. The van der Waals surface area contributed by atoms with E-state index in [0.717, 1.165) is 12.2 Å². The van der Waals surface area contributed by atoms with Crippen LogP contribution in [0.5, 0.6) is 0 Å². The normalized spacial score (nSPS) is 20.1. The molecule has 2 heterocycles. The number of aromatic nitrogens is 1. The molecule has 1 N–H and O–H groups in total. The highest BCUT2D eigenvalue weighted by Gasteiger charge is 2.29. The Balaban J connectivity index is 1.89. The molecule has 0 spiro atoms. The predicted molar refractivity (Wildman–Crippen MR) is 63.5 cm³/mol. The number of nitrogens with one attached hydrogen (secondary N) is 1. The number of carbonyl (C=O) groups excluding carboxylic acids is 1. The van der Waals surface area contributed by atoms with Gasteiger partial charge in [0.25, 0.3) is 0 Å². The Morgan fingerprint density at radius 1 is 1.47 bits per heavy atom. The van der Waals surface area contributed by atoms with E-state index in [1.807, 2.05) is 35.5 Å². The standard InChI is InChI=1S/C12H16F3N3O/c1-9-10-3-2-4-17(10)5-6-18(9)7-11(19)16-8-12(13,14)15/h2-4,9H,5-8H2,1H3,(H,16,19). The smallest absolute Gasteiger partial charge is 0.349 e. The lowest BCUT2D eigenvalue weighted by Crippen LogP contribution is -2.44. The summed E-state index contributed by atoms with van der Waals surface area (Å²) in [7, 11) is 0. The van der Waals surface area contributed by atoms with Crippen molar-refractivity contribution in [3.63, 3.8) is 0 Å². The molecule has 1 aliphatic rings. The van der Waals surface area contributed by atoms with Crippen molar-refractivity contribution in [3.05, 3.63) is 24.0 Å². The first kappa shape index (κ1) is 13.9. The van der Waals surface area contributed by atoms with Crippen molar-refractivity contribution in [2.45, 2.75) is 25.7 Å². The van der Waals surface area contributed by atoms with Gasteiger partial charge in [0.2, 0.25) is 5.91 Å². The van der Waals surface area contributed by atoms with Crippen LogP contribution >= 0.6 is 0 Å². The van der Waals surface area contributed by atoms with E-state index in [9.17, 15) is 18.0 Å². The molecule has 1 aliphatic heterocycles. The summed E-state index contributed by atoms with van der Waals surface area (Å²) in [6, 6.07) is 3.92. The molecule has 0 aliphatic carbocycles. The average Bonchev–Trinajstić information content (AvgIpc) is 2.78. The van der Waals surface area contributed by atoms with Gasteiger partial charge < -0.3 is 9.88 Å². The van der Waals surface area contributed by atoms with Crippen molar-refractivity contribution in [3.8, 4) is 0 Å². The number of fused-ring (bicyclic) bond motifs is 1. The summed E-state index contributed by atoms with van der Waals surface area (Å²) in [5, 5.41) is 1.90. The van der Waals surface area contributed by atoms with E-state index in [4.69, 9.17) is 0 Å². The second-order valence-corrected chi connectivity index (χ2v) is 4.66. The van der Waals surface area contributed by atoms with Gasteiger partial charge >= 0.3 is 6.18 Å². The van der Waals surface area contributed by atoms with Gasteiger partial charge in [-0.25, -0.2) is 0 Å². The fraction of sp³-hybridized carbons (Fsp3) is 0.583. The van der Waals surface area contributed by atoms with Crippen LogP contribution in [0.15, 0.2) is 18.3 Å². The van der Waals surface area contributed by atoms with E-state index in [2.05, 4.69) is 4.57 Å². The Labute approximate surface area is 109 Å². The lowest BCUT2D eigenvalue weighted by Gasteiger charge is -2.34. The molecule has 0 saturated heterocycles. The summed E-state index contributed by atoms with van der Waals surface area (Å²) in [6.45, 7) is 2.07. The van der Waals surface area contributed by atoms with Crippen LogP contribution in [-0.4, -0.2) is 41.2 Å². The zero-order chi connectivity index (χ0) is 14.0. The van der Waals surface area contributed by atoms with E-state index in [0.29, 0.717) is 6.54 Å². The van der Waals surface area contributed by atoms with Gasteiger partial charge in [-0.2, -0.15) is 13.2 Å². The van der Waals surface area contributed by atoms with Crippen LogP contribution in [0.1, 0.15) is 18.7 Å². The third kappa shape index (κ3) is 3.50. The van der Waals surface area contributed by atoms with E-state index in [1.165, 1.54) is 0 Å². The van der Waals surface area contributed by atoms with Crippen molar-refractivity contribution in [1.82, 2.24) is 14.8 Å². The van der Waals surface area contributed by atoms with E-state index >= 15 is 0 Å². The Morgan fingerprint density at radius 3 is 2.89 bits per heavy atom. The van der Waals surface area contributed by atoms with Crippen LogP contribution in [0, 0.1) is 0 Å². The van der Waals surface area contributed by atoms with Crippen molar-refractivity contribution < 1.29 is 18.0 Å². The molecule has 7 heteroatoms. The minimum Gasteiger partial charge on any atom is -0.349 e. The number of hydrogen-bond acceptors (Lipinski definition) is 2. The number of rotatable bonds is 3. The number of halogens is 3. The summed E-state index contributed by atoms with van der Waals surface area (Å²) in [5.41, 5.74) is 1.08. The number of amides is 1. The number of hydrogen-bond donors (Lipinski definition) is 1. The third-order valence-corrected chi connectivity index (χ3v) is 3.30. The fourth-order valence-corrected chi connectivity index (χ4v) is 2.28. The van der Waals surface area contributed by atoms with Gasteiger partial charge in [0, 0.05) is 31.0 Å². The topological polar surface area (TPSA) is 37.3 Å². The number of nitrogens with zero attached hydrogens (tertiary/aromatic N) is 2. The zero-order valence-corrected chi connectivity index (χ0v) is 10.6. The average molecular weight is 275 g/mol. The minimum atomic E-state index is -4.36. The Kier molecular flexibility index (Phi) is 3.84. The van der Waals surface area contributed by atoms with Crippen molar-refractivity contribution >= 4 is 5.91 Å². The minimum absolute atomic E-state index is 0.0115. The molecule has 0 bridgehead atoms. The molecule has 1 atom stereocenters. The molecule has 19 heavy (non-hydrogen) atoms. The van der Waals surface area contributed by atoms with Crippen LogP contribution in [0.3, 0.4) is 0 Å². The molecule has 1 aromatic heterocycles. The summed E-state index contributed by atoms with van der Waals surface area (Å²) in [6.07, 6.45) is -2.40. The highest BCUT2D eigenvalue weighted by atomic mass is 19.4. The van der Waals surface area contributed by atoms with Crippen LogP contribution < -0.4 is 5.32 Å². The second kappa shape index (κ2) is 5.24.